The molecule has 0 atom stereocenters. The number of halogens is 3. The average Bonchev–Trinajstić information content (AvgIpc) is 2.88. The Morgan fingerprint density at radius 3 is 2.65 bits per heavy atom. The minimum Gasteiger partial charge on any atom is -0.471 e. The van der Waals surface area contributed by atoms with E-state index in [4.69, 9.17) is 4.74 Å². The fraction of sp³-hybridized carbons (Fsp3) is 0.333. The van der Waals surface area contributed by atoms with Gasteiger partial charge in [0.15, 0.2) is 0 Å². The predicted molar refractivity (Wildman–Crippen MR) is 78.6 cm³/mol. The topological polar surface area (TPSA) is 42.4 Å². The summed E-state index contributed by atoms with van der Waals surface area (Å²) in [4.78, 5) is 18.1. The van der Waals surface area contributed by atoms with Crippen molar-refractivity contribution < 1.29 is 22.7 Å². The first-order chi connectivity index (χ1) is 10.8. The fourth-order valence-corrected chi connectivity index (χ4v) is 3.03. The Balaban J connectivity index is 1.53. The summed E-state index contributed by atoms with van der Waals surface area (Å²) in [6.45, 7) is 2.72. The molecule has 1 aliphatic rings. The zero-order valence-corrected chi connectivity index (χ0v) is 12.9. The van der Waals surface area contributed by atoms with Crippen LogP contribution < -0.4 is 4.74 Å². The van der Waals surface area contributed by atoms with E-state index in [1.54, 1.807) is 4.90 Å². The molecule has 0 aromatic carbocycles. The van der Waals surface area contributed by atoms with Crippen molar-refractivity contribution in [2.75, 3.05) is 13.1 Å². The van der Waals surface area contributed by atoms with Crippen LogP contribution in [0.3, 0.4) is 0 Å². The van der Waals surface area contributed by atoms with Gasteiger partial charge in [-0.2, -0.15) is 13.2 Å². The van der Waals surface area contributed by atoms with Gasteiger partial charge in [-0.25, -0.2) is 4.98 Å². The lowest BCUT2D eigenvalue weighted by Crippen LogP contribution is -2.56. The van der Waals surface area contributed by atoms with Crippen molar-refractivity contribution in [1.29, 1.82) is 0 Å². The summed E-state index contributed by atoms with van der Waals surface area (Å²) in [5.41, 5.74) is 0.226. The number of aryl methyl sites for hydroxylation is 1. The zero-order valence-electron chi connectivity index (χ0n) is 12.1. The quantitative estimate of drug-likeness (QED) is 0.859. The summed E-state index contributed by atoms with van der Waals surface area (Å²) in [7, 11) is 0. The van der Waals surface area contributed by atoms with Gasteiger partial charge in [-0.15, -0.1) is 11.3 Å². The first-order valence-corrected chi connectivity index (χ1v) is 7.75. The average molecular weight is 342 g/mol. The molecule has 3 heterocycles. The van der Waals surface area contributed by atoms with E-state index in [9.17, 15) is 18.0 Å². The molecule has 0 radical (unpaired) electrons. The van der Waals surface area contributed by atoms with Gasteiger partial charge >= 0.3 is 6.18 Å². The molecule has 3 rings (SSSR count). The van der Waals surface area contributed by atoms with Crippen LogP contribution in [0.15, 0.2) is 29.8 Å². The highest BCUT2D eigenvalue weighted by molar-refractivity contribution is 7.12. The molecular formula is C15H13F3N2O2S. The number of hydrogen-bond acceptors (Lipinski definition) is 4. The van der Waals surface area contributed by atoms with Crippen LogP contribution in [0.25, 0.3) is 0 Å². The summed E-state index contributed by atoms with van der Waals surface area (Å²) in [6, 6.07) is 3.95. The second-order valence-corrected chi connectivity index (χ2v) is 6.23. The fourth-order valence-electron chi connectivity index (χ4n) is 2.17. The van der Waals surface area contributed by atoms with E-state index in [1.807, 2.05) is 18.4 Å². The van der Waals surface area contributed by atoms with Crippen LogP contribution in [0, 0.1) is 6.92 Å². The molecule has 4 nitrogen and oxygen atoms in total. The molecule has 2 aromatic rings. The van der Waals surface area contributed by atoms with Crippen LogP contribution in [0.1, 0.15) is 20.8 Å². The standard InChI is InChI=1S/C15H13F3N2O2S/c1-9-4-12(23-8-9)14(21)20-6-11(7-20)22-13-3-2-10(5-19-13)15(16,17)18/h2-5,8,11H,6-7H2,1H3. The van der Waals surface area contributed by atoms with Gasteiger partial charge in [-0.05, 0) is 30.0 Å². The van der Waals surface area contributed by atoms with Gasteiger partial charge in [0.05, 0.1) is 23.5 Å². The van der Waals surface area contributed by atoms with Gasteiger partial charge in [-0.3, -0.25) is 4.79 Å². The normalized spacial score (nSPS) is 15.4. The first-order valence-electron chi connectivity index (χ1n) is 6.87. The molecule has 1 saturated heterocycles. The maximum atomic E-state index is 12.4. The number of hydrogen-bond donors (Lipinski definition) is 0. The van der Waals surface area contributed by atoms with Gasteiger partial charge < -0.3 is 9.64 Å². The largest absolute Gasteiger partial charge is 0.471 e. The van der Waals surface area contributed by atoms with Crippen LogP contribution >= 0.6 is 11.3 Å². The Bertz CT molecular complexity index is 706. The minimum atomic E-state index is -4.41. The maximum absolute atomic E-state index is 12.4. The van der Waals surface area contributed by atoms with Gasteiger partial charge in [0, 0.05) is 12.3 Å². The Kier molecular flexibility index (Phi) is 4.01. The van der Waals surface area contributed by atoms with Crippen LogP contribution in [0.2, 0.25) is 0 Å². The summed E-state index contributed by atoms with van der Waals surface area (Å²) in [5, 5.41) is 1.91. The van der Waals surface area contributed by atoms with Crippen molar-refractivity contribution in [2.24, 2.45) is 0 Å². The van der Waals surface area contributed by atoms with Gasteiger partial charge in [-0.1, -0.05) is 0 Å². The maximum Gasteiger partial charge on any atom is 0.417 e. The zero-order chi connectivity index (χ0) is 16.6. The number of alkyl halides is 3. The molecule has 2 aromatic heterocycles. The second kappa shape index (κ2) is 5.84. The molecule has 0 unspecified atom stereocenters. The number of rotatable bonds is 3. The minimum absolute atomic E-state index is 0.0525. The number of nitrogens with zero attached hydrogens (tertiary/aromatic N) is 2. The number of ether oxygens (including phenoxy) is 1. The third-order valence-electron chi connectivity index (χ3n) is 3.43. The lowest BCUT2D eigenvalue weighted by atomic mass is 10.1. The van der Waals surface area contributed by atoms with E-state index in [0.717, 1.165) is 17.8 Å². The molecule has 23 heavy (non-hydrogen) atoms. The summed E-state index contributed by atoms with van der Waals surface area (Å²) in [5.74, 6) is 0.0744. The number of pyridine rings is 1. The smallest absolute Gasteiger partial charge is 0.417 e. The molecule has 1 fully saturated rings. The molecule has 122 valence electrons. The highest BCUT2D eigenvalue weighted by Crippen LogP contribution is 2.29. The molecule has 0 N–H and O–H groups in total. The van der Waals surface area contributed by atoms with Gasteiger partial charge in [0.1, 0.15) is 6.10 Å². The van der Waals surface area contributed by atoms with E-state index < -0.39 is 11.7 Å². The third-order valence-corrected chi connectivity index (χ3v) is 4.46. The van der Waals surface area contributed by atoms with Crippen molar-refractivity contribution in [2.45, 2.75) is 19.2 Å². The van der Waals surface area contributed by atoms with E-state index >= 15 is 0 Å². The van der Waals surface area contributed by atoms with E-state index in [0.29, 0.717) is 18.0 Å². The van der Waals surface area contributed by atoms with Crippen molar-refractivity contribution in [3.63, 3.8) is 0 Å². The van der Waals surface area contributed by atoms with E-state index in [-0.39, 0.29) is 17.9 Å². The molecule has 8 heteroatoms. The molecule has 1 aliphatic heterocycles. The van der Waals surface area contributed by atoms with E-state index in [1.165, 1.54) is 17.4 Å². The number of carbonyl (C=O) groups excluding carboxylic acids is 1. The summed E-state index contributed by atoms with van der Waals surface area (Å²) >= 11 is 1.39. The van der Waals surface area contributed by atoms with E-state index in [2.05, 4.69) is 4.98 Å². The number of aromatic nitrogens is 1. The number of carbonyl (C=O) groups is 1. The SMILES string of the molecule is Cc1csc(C(=O)N2CC(Oc3ccc(C(F)(F)F)cn3)C2)c1. The number of amides is 1. The molecule has 0 bridgehead atoms. The molecule has 0 spiro atoms. The number of likely N-dealkylation sites (tertiary alicyclic amines) is 1. The number of thiophene rings is 1. The van der Waals surface area contributed by atoms with Crippen LogP contribution in [-0.4, -0.2) is 35.0 Å². The summed E-state index contributed by atoms with van der Waals surface area (Å²) < 4.78 is 42.8. The van der Waals surface area contributed by atoms with Crippen molar-refractivity contribution in [3.8, 4) is 5.88 Å². The Morgan fingerprint density at radius 1 is 1.39 bits per heavy atom. The lowest BCUT2D eigenvalue weighted by molar-refractivity contribution is -0.137. The highest BCUT2D eigenvalue weighted by Gasteiger charge is 2.34. The molecule has 1 amide bonds. The van der Waals surface area contributed by atoms with Crippen molar-refractivity contribution in [1.82, 2.24) is 9.88 Å². The van der Waals surface area contributed by atoms with Gasteiger partial charge in [0.2, 0.25) is 5.88 Å². The Labute approximate surface area is 134 Å². The van der Waals surface area contributed by atoms with Crippen LogP contribution in [0.5, 0.6) is 5.88 Å². The highest BCUT2D eigenvalue weighted by atomic mass is 32.1. The van der Waals surface area contributed by atoms with Crippen molar-refractivity contribution in [3.05, 3.63) is 45.8 Å². The molecular weight excluding hydrogens is 329 g/mol. The Hall–Kier alpha value is -2.09. The van der Waals surface area contributed by atoms with Gasteiger partial charge in [0.25, 0.3) is 5.91 Å². The first kappa shape index (κ1) is 15.8. The monoisotopic (exact) mass is 342 g/mol. The Morgan fingerprint density at radius 2 is 2.13 bits per heavy atom. The predicted octanol–water partition coefficient (Wildman–Crippen LogP) is 3.37. The second-order valence-electron chi connectivity index (χ2n) is 5.32. The lowest BCUT2D eigenvalue weighted by Gasteiger charge is -2.38. The third kappa shape index (κ3) is 3.47. The molecule has 0 aliphatic carbocycles. The summed E-state index contributed by atoms with van der Waals surface area (Å²) in [6.07, 6.45) is -3.92. The van der Waals surface area contributed by atoms with Crippen LogP contribution in [0.4, 0.5) is 13.2 Å². The molecule has 0 saturated carbocycles. The van der Waals surface area contributed by atoms with Crippen LogP contribution in [-0.2, 0) is 6.18 Å². The van der Waals surface area contributed by atoms with Crippen molar-refractivity contribution >= 4 is 17.2 Å².